The van der Waals surface area contributed by atoms with Crippen LogP contribution in [0.2, 0.25) is 5.02 Å². The molecule has 0 radical (unpaired) electrons. The van der Waals surface area contributed by atoms with E-state index in [0.29, 0.717) is 10.7 Å². The minimum atomic E-state index is -0.534. The van der Waals surface area contributed by atoms with Crippen LogP contribution < -0.4 is 16.2 Å². The van der Waals surface area contributed by atoms with Crippen LogP contribution in [0.5, 0.6) is 0 Å². The number of halogens is 1. The predicted molar refractivity (Wildman–Crippen MR) is 99.4 cm³/mol. The van der Waals surface area contributed by atoms with Crippen LogP contribution in [0.3, 0.4) is 0 Å². The maximum Gasteiger partial charge on any atom is 0.337 e. The minimum absolute atomic E-state index is 0.169. The van der Waals surface area contributed by atoms with Crippen molar-refractivity contribution in [1.82, 2.24) is 10.9 Å². The first-order valence-corrected chi connectivity index (χ1v) is 8.08. The molecule has 0 saturated carbocycles. The molecule has 3 aromatic rings. The number of hydrogen-bond donors (Lipinski definition) is 3. The van der Waals surface area contributed by atoms with Gasteiger partial charge in [-0.2, -0.15) is 0 Å². The standard InChI is InChI=1S/C19H16ClN3O2/c20-15-8-10-16(11-9-15)21-19(25)23-22-18(24)12-14-6-3-5-13-4-1-2-7-17(13)14/h1-11H,12H2,(H,22,24)(H2,21,23,25). The summed E-state index contributed by atoms with van der Waals surface area (Å²) in [6.07, 6.45) is 0.169. The molecule has 0 unspecified atom stereocenters. The number of nitrogens with one attached hydrogen (secondary N) is 3. The molecule has 0 heterocycles. The molecule has 0 spiro atoms. The molecule has 3 rings (SSSR count). The Balaban J connectivity index is 1.55. The van der Waals surface area contributed by atoms with Crippen molar-refractivity contribution < 1.29 is 9.59 Å². The van der Waals surface area contributed by atoms with E-state index in [1.54, 1.807) is 24.3 Å². The topological polar surface area (TPSA) is 70.2 Å². The summed E-state index contributed by atoms with van der Waals surface area (Å²) >= 11 is 5.78. The van der Waals surface area contributed by atoms with E-state index in [4.69, 9.17) is 11.6 Å². The number of hydrazine groups is 1. The highest BCUT2D eigenvalue weighted by molar-refractivity contribution is 6.30. The zero-order valence-electron chi connectivity index (χ0n) is 13.3. The molecule has 3 aromatic carbocycles. The minimum Gasteiger partial charge on any atom is -0.307 e. The van der Waals surface area contributed by atoms with Crippen LogP contribution in [-0.2, 0) is 11.2 Å². The maximum atomic E-state index is 12.1. The van der Waals surface area contributed by atoms with Crippen molar-refractivity contribution in [3.05, 3.63) is 77.3 Å². The number of fused-ring (bicyclic) bond motifs is 1. The van der Waals surface area contributed by atoms with Gasteiger partial charge in [-0.3, -0.25) is 10.2 Å². The molecule has 6 heteroatoms. The molecular formula is C19H16ClN3O2. The molecular weight excluding hydrogens is 338 g/mol. The first-order chi connectivity index (χ1) is 12.1. The Morgan fingerprint density at radius 3 is 2.36 bits per heavy atom. The molecule has 0 saturated heterocycles. The fourth-order valence-electron chi connectivity index (χ4n) is 2.49. The Morgan fingerprint density at radius 2 is 1.56 bits per heavy atom. The van der Waals surface area contributed by atoms with Crippen molar-refractivity contribution in [1.29, 1.82) is 0 Å². The van der Waals surface area contributed by atoms with Gasteiger partial charge in [0, 0.05) is 10.7 Å². The van der Waals surface area contributed by atoms with Gasteiger partial charge in [0.25, 0.3) is 0 Å². The van der Waals surface area contributed by atoms with Crippen LogP contribution in [0.1, 0.15) is 5.56 Å². The zero-order chi connectivity index (χ0) is 17.6. The average Bonchev–Trinajstić information content (AvgIpc) is 2.62. The quantitative estimate of drug-likeness (QED) is 0.625. The van der Waals surface area contributed by atoms with E-state index in [0.717, 1.165) is 16.3 Å². The van der Waals surface area contributed by atoms with Crippen LogP contribution in [0.15, 0.2) is 66.7 Å². The first-order valence-electron chi connectivity index (χ1n) is 7.70. The largest absolute Gasteiger partial charge is 0.337 e. The number of hydrogen-bond acceptors (Lipinski definition) is 2. The van der Waals surface area contributed by atoms with Crippen molar-refractivity contribution in [2.75, 3.05) is 5.32 Å². The van der Waals surface area contributed by atoms with Gasteiger partial charge < -0.3 is 5.32 Å². The summed E-state index contributed by atoms with van der Waals surface area (Å²) < 4.78 is 0. The van der Waals surface area contributed by atoms with Crippen molar-refractivity contribution in [2.45, 2.75) is 6.42 Å². The lowest BCUT2D eigenvalue weighted by Gasteiger charge is -2.10. The molecule has 0 aliphatic heterocycles. The number of anilines is 1. The highest BCUT2D eigenvalue weighted by Gasteiger charge is 2.08. The first kappa shape index (κ1) is 16.8. The van der Waals surface area contributed by atoms with Gasteiger partial charge in [0.05, 0.1) is 6.42 Å². The Morgan fingerprint density at radius 1 is 0.840 bits per heavy atom. The highest BCUT2D eigenvalue weighted by atomic mass is 35.5. The number of amides is 3. The van der Waals surface area contributed by atoms with Crippen LogP contribution >= 0.6 is 11.6 Å². The van der Waals surface area contributed by atoms with E-state index < -0.39 is 6.03 Å². The Kier molecular flexibility index (Phi) is 5.16. The number of carbonyl (C=O) groups excluding carboxylic acids is 2. The second-order valence-electron chi connectivity index (χ2n) is 5.45. The van der Waals surface area contributed by atoms with Crippen LogP contribution in [0, 0.1) is 0 Å². The summed E-state index contributed by atoms with van der Waals surface area (Å²) in [5.74, 6) is -0.303. The number of carbonyl (C=O) groups is 2. The van der Waals surface area contributed by atoms with Gasteiger partial charge in [-0.25, -0.2) is 10.2 Å². The van der Waals surface area contributed by atoms with E-state index in [1.165, 1.54) is 0 Å². The SMILES string of the molecule is O=C(Cc1cccc2ccccc12)NNC(=O)Nc1ccc(Cl)cc1. The molecule has 0 fully saturated rings. The highest BCUT2D eigenvalue weighted by Crippen LogP contribution is 2.18. The van der Waals surface area contributed by atoms with Crippen molar-refractivity contribution in [3.8, 4) is 0 Å². The van der Waals surface area contributed by atoms with Crippen LogP contribution in [0.4, 0.5) is 10.5 Å². The third-order valence-electron chi connectivity index (χ3n) is 3.65. The van der Waals surface area contributed by atoms with Gasteiger partial charge in [0.1, 0.15) is 0 Å². The molecule has 3 N–H and O–H groups in total. The monoisotopic (exact) mass is 353 g/mol. The maximum absolute atomic E-state index is 12.1. The number of urea groups is 1. The van der Waals surface area contributed by atoms with Gasteiger partial charge in [-0.15, -0.1) is 0 Å². The summed E-state index contributed by atoms with van der Waals surface area (Å²) in [6, 6.07) is 19.8. The summed E-state index contributed by atoms with van der Waals surface area (Å²) in [5, 5.41) is 5.26. The second kappa shape index (κ2) is 7.68. The van der Waals surface area contributed by atoms with Gasteiger partial charge >= 0.3 is 6.03 Å². The Bertz CT molecular complexity index is 905. The van der Waals surface area contributed by atoms with E-state index in [-0.39, 0.29) is 12.3 Å². The number of benzene rings is 3. The lowest BCUT2D eigenvalue weighted by atomic mass is 10.0. The molecule has 0 aliphatic carbocycles. The molecule has 0 atom stereocenters. The molecule has 25 heavy (non-hydrogen) atoms. The fourth-order valence-corrected chi connectivity index (χ4v) is 2.61. The normalized spacial score (nSPS) is 10.3. The molecule has 0 aromatic heterocycles. The summed E-state index contributed by atoms with van der Waals surface area (Å²) in [7, 11) is 0. The van der Waals surface area contributed by atoms with E-state index >= 15 is 0 Å². The lowest BCUT2D eigenvalue weighted by molar-refractivity contribution is -0.121. The zero-order valence-corrected chi connectivity index (χ0v) is 14.0. The second-order valence-corrected chi connectivity index (χ2v) is 5.89. The summed E-state index contributed by atoms with van der Waals surface area (Å²) in [4.78, 5) is 23.9. The van der Waals surface area contributed by atoms with Crippen LogP contribution in [0.25, 0.3) is 10.8 Å². The van der Waals surface area contributed by atoms with Crippen LogP contribution in [-0.4, -0.2) is 11.9 Å². The molecule has 126 valence electrons. The van der Waals surface area contributed by atoms with Crippen molar-refractivity contribution in [3.63, 3.8) is 0 Å². The smallest absolute Gasteiger partial charge is 0.307 e. The Hall–Kier alpha value is -3.05. The lowest BCUT2D eigenvalue weighted by Crippen LogP contribution is -2.44. The van der Waals surface area contributed by atoms with Crippen molar-refractivity contribution in [2.24, 2.45) is 0 Å². The third-order valence-corrected chi connectivity index (χ3v) is 3.90. The molecule has 3 amide bonds. The predicted octanol–water partition coefficient (Wildman–Crippen LogP) is 3.89. The van der Waals surface area contributed by atoms with Gasteiger partial charge in [0.2, 0.25) is 5.91 Å². The average molecular weight is 354 g/mol. The van der Waals surface area contributed by atoms with E-state index in [1.807, 2.05) is 42.5 Å². The fraction of sp³-hybridized carbons (Fsp3) is 0.0526. The number of rotatable bonds is 3. The molecule has 0 aliphatic rings. The summed E-state index contributed by atoms with van der Waals surface area (Å²) in [6.45, 7) is 0. The van der Waals surface area contributed by atoms with Gasteiger partial charge in [-0.1, -0.05) is 54.1 Å². The van der Waals surface area contributed by atoms with Gasteiger partial charge in [-0.05, 0) is 40.6 Å². The Labute approximate surface area is 150 Å². The van der Waals surface area contributed by atoms with E-state index in [9.17, 15) is 9.59 Å². The molecule has 5 nitrogen and oxygen atoms in total. The van der Waals surface area contributed by atoms with Crippen molar-refractivity contribution >= 4 is 40.0 Å². The molecule has 0 bridgehead atoms. The van der Waals surface area contributed by atoms with E-state index in [2.05, 4.69) is 16.2 Å². The van der Waals surface area contributed by atoms with Gasteiger partial charge in [0.15, 0.2) is 0 Å². The summed E-state index contributed by atoms with van der Waals surface area (Å²) in [5.41, 5.74) is 6.20. The third kappa shape index (κ3) is 4.49.